The van der Waals surface area contributed by atoms with Gasteiger partial charge in [-0.15, -0.1) is 0 Å². The minimum Gasteiger partial charge on any atom is -0.508 e. The van der Waals surface area contributed by atoms with Crippen molar-refractivity contribution in [3.63, 3.8) is 0 Å². The Kier molecular flexibility index (Phi) is 4.95. The second-order valence-corrected chi connectivity index (χ2v) is 4.88. The van der Waals surface area contributed by atoms with Gasteiger partial charge in [0.2, 0.25) is 0 Å². The molecule has 110 valence electrons. The minimum atomic E-state index is -0.194. The minimum absolute atomic E-state index is 0.154. The van der Waals surface area contributed by atoms with Crippen molar-refractivity contribution in [3.05, 3.63) is 65.2 Å². The van der Waals surface area contributed by atoms with E-state index in [4.69, 9.17) is 4.74 Å². The maximum Gasteiger partial charge on any atom is 0.252 e. The summed E-state index contributed by atoms with van der Waals surface area (Å²) in [7, 11) is 1.60. The summed E-state index contributed by atoms with van der Waals surface area (Å²) in [6.45, 7) is 2.27. The molecule has 0 saturated heterocycles. The molecule has 2 rings (SSSR count). The lowest BCUT2D eigenvalue weighted by Crippen LogP contribution is -2.27. The number of aromatic hydroxyl groups is 1. The van der Waals surface area contributed by atoms with Crippen molar-refractivity contribution in [1.82, 2.24) is 5.32 Å². The van der Waals surface area contributed by atoms with Crippen LogP contribution in [0.1, 0.15) is 34.5 Å². The molecule has 2 aromatic rings. The lowest BCUT2D eigenvalue weighted by atomic mass is 10.0. The van der Waals surface area contributed by atoms with Gasteiger partial charge >= 0.3 is 0 Å². The van der Waals surface area contributed by atoms with Gasteiger partial charge in [-0.1, -0.05) is 30.3 Å². The molecule has 0 heterocycles. The molecule has 4 heteroatoms. The highest BCUT2D eigenvalue weighted by Gasteiger charge is 2.14. The molecule has 1 amide bonds. The second kappa shape index (κ2) is 6.90. The van der Waals surface area contributed by atoms with E-state index in [1.807, 2.05) is 31.2 Å². The first-order valence-electron chi connectivity index (χ1n) is 6.78. The quantitative estimate of drug-likeness (QED) is 0.887. The number of benzene rings is 2. The van der Waals surface area contributed by atoms with Crippen LogP contribution in [0.15, 0.2) is 48.5 Å². The van der Waals surface area contributed by atoms with Crippen molar-refractivity contribution >= 4 is 5.91 Å². The average Bonchev–Trinajstić information content (AvgIpc) is 2.48. The zero-order chi connectivity index (χ0) is 15.2. The maximum absolute atomic E-state index is 12.4. The number of carbonyl (C=O) groups is 1. The van der Waals surface area contributed by atoms with Crippen LogP contribution in [0.4, 0.5) is 0 Å². The topological polar surface area (TPSA) is 58.6 Å². The summed E-state index contributed by atoms with van der Waals surface area (Å²) >= 11 is 0. The van der Waals surface area contributed by atoms with Crippen LogP contribution in [0.25, 0.3) is 0 Å². The summed E-state index contributed by atoms with van der Waals surface area (Å²) < 4.78 is 5.11. The van der Waals surface area contributed by atoms with Crippen LogP contribution in [-0.4, -0.2) is 18.1 Å². The molecule has 1 atom stereocenters. The van der Waals surface area contributed by atoms with E-state index in [1.165, 1.54) is 0 Å². The van der Waals surface area contributed by atoms with E-state index in [1.54, 1.807) is 31.4 Å². The third-order valence-corrected chi connectivity index (χ3v) is 3.28. The Hall–Kier alpha value is -2.33. The van der Waals surface area contributed by atoms with Gasteiger partial charge in [-0.3, -0.25) is 4.79 Å². The predicted octanol–water partition coefficient (Wildman–Crippen LogP) is 3.03. The van der Waals surface area contributed by atoms with Crippen LogP contribution in [-0.2, 0) is 11.3 Å². The van der Waals surface area contributed by atoms with E-state index in [0.717, 1.165) is 11.1 Å². The zero-order valence-electron chi connectivity index (χ0n) is 12.2. The molecule has 0 bridgehead atoms. The van der Waals surface area contributed by atoms with Crippen LogP contribution in [0.2, 0.25) is 0 Å². The smallest absolute Gasteiger partial charge is 0.252 e. The normalized spacial score (nSPS) is 11.9. The molecule has 0 aromatic heterocycles. The van der Waals surface area contributed by atoms with Crippen molar-refractivity contribution in [2.75, 3.05) is 7.11 Å². The predicted molar refractivity (Wildman–Crippen MR) is 81.1 cm³/mol. The number of hydrogen-bond acceptors (Lipinski definition) is 3. The number of ether oxygens (including phenoxy) is 1. The number of amides is 1. The standard InChI is InChI=1S/C17H19NO3/c1-12(13-7-5-8-15(19)10-13)18-17(20)16-9-4-3-6-14(16)11-21-2/h3-10,12,19H,11H2,1-2H3,(H,18,20)/t12-/m0/s1. The van der Waals surface area contributed by atoms with Gasteiger partial charge in [-0.25, -0.2) is 0 Å². The van der Waals surface area contributed by atoms with E-state index in [0.29, 0.717) is 12.2 Å². The molecular formula is C17H19NO3. The van der Waals surface area contributed by atoms with Gasteiger partial charge in [-0.2, -0.15) is 0 Å². The average molecular weight is 285 g/mol. The first kappa shape index (κ1) is 15.1. The lowest BCUT2D eigenvalue weighted by Gasteiger charge is -2.16. The number of phenolic OH excluding ortho intramolecular Hbond substituents is 1. The van der Waals surface area contributed by atoms with Crippen molar-refractivity contribution in [2.45, 2.75) is 19.6 Å². The molecule has 0 unspecified atom stereocenters. The van der Waals surface area contributed by atoms with Gasteiger partial charge in [0.05, 0.1) is 12.6 Å². The molecule has 0 aliphatic carbocycles. The monoisotopic (exact) mass is 285 g/mol. The Labute approximate surface area is 124 Å². The fraction of sp³-hybridized carbons (Fsp3) is 0.235. The molecule has 0 fully saturated rings. The first-order chi connectivity index (χ1) is 10.1. The van der Waals surface area contributed by atoms with Crippen LogP contribution >= 0.6 is 0 Å². The summed E-state index contributed by atoms with van der Waals surface area (Å²) in [5, 5.41) is 12.4. The molecule has 21 heavy (non-hydrogen) atoms. The number of hydrogen-bond donors (Lipinski definition) is 2. The zero-order valence-corrected chi connectivity index (χ0v) is 12.2. The number of phenols is 1. The number of nitrogens with one attached hydrogen (secondary N) is 1. The van der Waals surface area contributed by atoms with Gasteiger partial charge in [0.15, 0.2) is 0 Å². The maximum atomic E-state index is 12.4. The van der Waals surface area contributed by atoms with Crippen molar-refractivity contribution in [1.29, 1.82) is 0 Å². The van der Waals surface area contributed by atoms with Gasteiger partial charge in [0, 0.05) is 12.7 Å². The van der Waals surface area contributed by atoms with Gasteiger partial charge in [0.1, 0.15) is 5.75 Å². The van der Waals surface area contributed by atoms with E-state index in [-0.39, 0.29) is 17.7 Å². The van der Waals surface area contributed by atoms with Crippen molar-refractivity contribution in [2.24, 2.45) is 0 Å². The van der Waals surface area contributed by atoms with Crippen molar-refractivity contribution < 1.29 is 14.6 Å². The van der Waals surface area contributed by atoms with E-state index in [2.05, 4.69) is 5.32 Å². The highest BCUT2D eigenvalue weighted by molar-refractivity contribution is 5.95. The molecule has 0 aliphatic heterocycles. The lowest BCUT2D eigenvalue weighted by molar-refractivity contribution is 0.0935. The molecule has 0 radical (unpaired) electrons. The summed E-state index contributed by atoms with van der Waals surface area (Å²) in [4.78, 5) is 12.4. The highest BCUT2D eigenvalue weighted by Crippen LogP contribution is 2.19. The van der Waals surface area contributed by atoms with Crippen LogP contribution in [0.5, 0.6) is 5.75 Å². The van der Waals surface area contributed by atoms with Crippen LogP contribution in [0, 0.1) is 0 Å². The number of carbonyl (C=O) groups excluding carboxylic acids is 1. The van der Waals surface area contributed by atoms with Gasteiger partial charge in [0.25, 0.3) is 5.91 Å². The van der Waals surface area contributed by atoms with Gasteiger partial charge < -0.3 is 15.2 Å². The molecule has 0 aliphatic rings. The summed E-state index contributed by atoms with van der Waals surface area (Å²) in [5.74, 6) is 0.0341. The Bertz CT molecular complexity index is 625. The fourth-order valence-electron chi connectivity index (χ4n) is 2.18. The SMILES string of the molecule is COCc1ccccc1C(=O)N[C@@H](C)c1cccc(O)c1. The Morgan fingerprint density at radius 2 is 2.00 bits per heavy atom. The largest absolute Gasteiger partial charge is 0.508 e. The third kappa shape index (κ3) is 3.83. The number of rotatable bonds is 5. The highest BCUT2D eigenvalue weighted by atomic mass is 16.5. The summed E-state index contributed by atoms with van der Waals surface area (Å²) in [6.07, 6.45) is 0. The Balaban J connectivity index is 2.14. The Morgan fingerprint density at radius 3 is 2.71 bits per heavy atom. The first-order valence-corrected chi connectivity index (χ1v) is 6.78. The molecule has 0 saturated carbocycles. The molecule has 0 spiro atoms. The fourth-order valence-corrected chi connectivity index (χ4v) is 2.18. The molecule has 2 N–H and O–H groups in total. The van der Waals surface area contributed by atoms with E-state index >= 15 is 0 Å². The van der Waals surface area contributed by atoms with E-state index in [9.17, 15) is 9.90 Å². The summed E-state index contributed by atoms with van der Waals surface area (Å²) in [6, 6.07) is 14.0. The Morgan fingerprint density at radius 1 is 1.24 bits per heavy atom. The van der Waals surface area contributed by atoms with E-state index < -0.39 is 0 Å². The molecular weight excluding hydrogens is 266 g/mol. The molecule has 2 aromatic carbocycles. The van der Waals surface area contributed by atoms with Crippen LogP contribution in [0.3, 0.4) is 0 Å². The summed E-state index contributed by atoms with van der Waals surface area (Å²) in [5.41, 5.74) is 2.31. The second-order valence-electron chi connectivity index (χ2n) is 4.88. The third-order valence-electron chi connectivity index (χ3n) is 3.28. The molecule has 4 nitrogen and oxygen atoms in total. The van der Waals surface area contributed by atoms with Gasteiger partial charge in [-0.05, 0) is 36.2 Å². The van der Waals surface area contributed by atoms with Crippen LogP contribution < -0.4 is 5.32 Å². The number of methoxy groups -OCH3 is 1. The van der Waals surface area contributed by atoms with Crippen molar-refractivity contribution in [3.8, 4) is 5.75 Å².